The normalized spacial score (nSPS) is 18.6. The van der Waals surface area contributed by atoms with E-state index in [9.17, 15) is 9.59 Å². The predicted octanol–water partition coefficient (Wildman–Crippen LogP) is 3.07. The zero-order chi connectivity index (χ0) is 19.8. The van der Waals surface area contributed by atoms with Gasteiger partial charge in [-0.3, -0.25) is 9.59 Å². The Morgan fingerprint density at radius 2 is 2.11 bits per heavy atom. The first kappa shape index (κ1) is 21.5. The molecule has 0 bridgehead atoms. The van der Waals surface area contributed by atoms with E-state index in [1.807, 2.05) is 0 Å². The second kappa shape index (κ2) is 10.5. The summed E-state index contributed by atoms with van der Waals surface area (Å²) >= 11 is 0. The minimum atomic E-state index is -0.125. The lowest BCUT2D eigenvalue weighted by molar-refractivity contribution is -0.127. The van der Waals surface area contributed by atoms with Gasteiger partial charge in [0.15, 0.2) is 0 Å². The molecular formula is C21H35N3O3. The summed E-state index contributed by atoms with van der Waals surface area (Å²) in [5.74, 6) is 0.548. The van der Waals surface area contributed by atoms with Gasteiger partial charge in [0.2, 0.25) is 5.91 Å². The molecule has 2 heterocycles. The summed E-state index contributed by atoms with van der Waals surface area (Å²) in [5.41, 5.74) is 0.598. The highest BCUT2D eigenvalue weighted by molar-refractivity contribution is 5.95. The maximum atomic E-state index is 12.7. The number of nitrogens with zero attached hydrogens (tertiary/aromatic N) is 2. The fraction of sp³-hybridized carbons (Fsp3) is 0.714. The largest absolute Gasteiger partial charge is 0.469 e. The minimum absolute atomic E-state index is 0.0361. The molecule has 1 aliphatic rings. The van der Waals surface area contributed by atoms with Crippen LogP contribution in [0.25, 0.3) is 0 Å². The third kappa shape index (κ3) is 6.09. The molecule has 152 valence electrons. The molecule has 0 radical (unpaired) electrons. The standard InChI is InChI=1S/C21H35N3O3/c1-5-23(6-2)12-7-9-16(3)22-20(25)18-10-8-13-24(15-18)21(26)19-11-14-27-17(19)4/h11,14,16,18H,5-10,12-13,15H2,1-4H3,(H,22,25). The molecule has 2 amide bonds. The molecule has 0 aliphatic carbocycles. The summed E-state index contributed by atoms with van der Waals surface area (Å²) in [6.45, 7) is 12.6. The van der Waals surface area contributed by atoms with Gasteiger partial charge in [-0.1, -0.05) is 13.8 Å². The van der Waals surface area contributed by atoms with Gasteiger partial charge < -0.3 is 19.5 Å². The van der Waals surface area contributed by atoms with Crippen molar-refractivity contribution in [3.05, 3.63) is 23.7 Å². The highest BCUT2D eigenvalue weighted by Crippen LogP contribution is 2.21. The van der Waals surface area contributed by atoms with Crippen molar-refractivity contribution in [1.29, 1.82) is 0 Å². The molecule has 2 unspecified atom stereocenters. The zero-order valence-electron chi connectivity index (χ0n) is 17.3. The van der Waals surface area contributed by atoms with Crippen LogP contribution in [0.2, 0.25) is 0 Å². The Bertz CT molecular complexity index is 610. The molecule has 1 saturated heterocycles. The fourth-order valence-electron chi connectivity index (χ4n) is 3.75. The first-order valence-electron chi connectivity index (χ1n) is 10.3. The Hall–Kier alpha value is -1.82. The van der Waals surface area contributed by atoms with Gasteiger partial charge in [-0.25, -0.2) is 0 Å². The van der Waals surface area contributed by atoms with Crippen molar-refractivity contribution in [3.8, 4) is 0 Å². The van der Waals surface area contributed by atoms with Gasteiger partial charge >= 0.3 is 0 Å². The van der Waals surface area contributed by atoms with Crippen LogP contribution in [0.15, 0.2) is 16.7 Å². The predicted molar refractivity (Wildman–Crippen MR) is 107 cm³/mol. The molecule has 1 N–H and O–H groups in total. The molecule has 1 aliphatic heterocycles. The number of hydrogen-bond acceptors (Lipinski definition) is 4. The number of likely N-dealkylation sites (tertiary alicyclic amines) is 1. The Kier molecular flexibility index (Phi) is 8.35. The average Bonchev–Trinajstić information content (AvgIpc) is 3.10. The Morgan fingerprint density at radius 3 is 2.74 bits per heavy atom. The van der Waals surface area contributed by atoms with Crippen molar-refractivity contribution in [3.63, 3.8) is 0 Å². The highest BCUT2D eigenvalue weighted by Gasteiger charge is 2.30. The van der Waals surface area contributed by atoms with Crippen LogP contribution in [0, 0.1) is 12.8 Å². The van der Waals surface area contributed by atoms with E-state index in [1.165, 1.54) is 6.26 Å². The third-order valence-corrected chi connectivity index (χ3v) is 5.56. The SMILES string of the molecule is CCN(CC)CCCC(C)NC(=O)C1CCCN(C(=O)c2ccoc2C)C1. The third-order valence-electron chi connectivity index (χ3n) is 5.56. The van der Waals surface area contributed by atoms with E-state index in [0.717, 1.165) is 45.3 Å². The lowest BCUT2D eigenvalue weighted by atomic mass is 9.96. The molecule has 0 saturated carbocycles. The van der Waals surface area contributed by atoms with Crippen LogP contribution in [0.3, 0.4) is 0 Å². The molecule has 1 aromatic rings. The van der Waals surface area contributed by atoms with E-state index < -0.39 is 0 Å². The van der Waals surface area contributed by atoms with Gasteiger partial charge in [0, 0.05) is 19.1 Å². The minimum Gasteiger partial charge on any atom is -0.469 e. The van der Waals surface area contributed by atoms with Gasteiger partial charge in [0.05, 0.1) is 17.7 Å². The van der Waals surface area contributed by atoms with Crippen molar-refractivity contribution in [2.75, 3.05) is 32.7 Å². The van der Waals surface area contributed by atoms with Crippen LogP contribution in [-0.4, -0.2) is 60.4 Å². The van der Waals surface area contributed by atoms with E-state index in [0.29, 0.717) is 24.4 Å². The van der Waals surface area contributed by atoms with Gasteiger partial charge in [0.1, 0.15) is 5.76 Å². The van der Waals surface area contributed by atoms with Crippen LogP contribution in [0.1, 0.15) is 62.6 Å². The molecular weight excluding hydrogens is 342 g/mol. The zero-order valence-corrected chi connectivity index (χ0v) is 17.3. The summed E-state index contributed by atoms with van der Waals surface area (Å²) in [5, 5.41) is 3.15. The van der Waals surface area contributed by atoms with Crippen molar-refractivity contribution in [2.45, 2.75) is 59.4 Å². The van der Waals surface area contributed by atoms with Gasteiger partial charge in [-0.2, -0.15) is 0 Å². The van der Waals surface area contributed by atoms with Crippen molar-refractivity contribution in [1.82, 2.24) is 15.1 Å². The van der Waals surface area contributed by atoms with Crippen LogP contribution >= 0.6 is 0 Å². The molecule has 6 nitrogen and oxygen atoms in total. The van der Waals surface area contributed by atoms with Crippen molar-refractivity contribution in [2.24, 2.45) is 5.92 Å². The summed E-state index contributed by atoms with van der Waals surface area (Å²) in [6, 6.07) is 1.87. The number of hydrogen-bond donors (Lipinski definition) is 1. The molecule has 1 aromatic heterocycles. The summed E-state index contributed by atoms with van der Waals surface area (Å²) in [6.07, 6.45) is 5.30. The van der Waals surface area contributed by atoms with Crippen LogP contribution < -0.4 is 5.32 Å². The lowest BCUT2D eigenvalue weighted by Gasteiger charge is -2.32. The number of aryl methyl sites for hydroxylation is 1. The molecule has 2 atom stereocenters. The number of furan rings is 1. The highest BCUT2D eigenvalue weighted by atomic mass is 16.3. The van der Waals surface area contributed by atoms with E-state index >= 15 is 0 Å². The first-order chi connectivity index (χ1) is 13.0. The number of nitrogens with one attached hydrogen (secondary N) is 1. The molecule has 27 heavy (non-hydrogen) atoms. The summed E-state index contributed by atoms with van der Waals surface area (Å²) in [4.78, 5) is 29.5. The van der Waals surface area contributed by atoms with E-state index in [1.54, 1.807) is 17.9 Å². The Morgan fingerprint density at radius 1 is 1.37 bits per heavy atom. The van der Waals surface area contributed by atoms with E-state index in [4.69, 9.17) is 4.42 Å². The summed E-state index contributed by atoms with van der Waals surface area (Å²) in [7, 11) is 0. The average molecular weight is 378 g/mol. The molecule has 6 heteroatoms. The first-order valence-corrected chi connectivity index (χ1v) is 10.3. The molecule has 1 fully saturated rings. The van der Waals surface area contributed by atoms with Gasteiger partial charge in [-0.15, -0.1) is 0 Å². The Labute approximate surface area is 163 Å². The number of carbonyl (C=O) groups is 2. The van der Waals surface area contributed by atoms with Crippen LogP contribution in [0.5, 0.6) is 0 Å². The quantitative estimate of drug-likeness (QED) is 0.718. The van der Waals surface area contributed by atoms with Crippen molar-refractivity contribution < 1.29 is 14.0 Å². The number of carbonyl (C=O) groups excluding carboxylic acids is 2. The smallest absolute Gasteiger partial charge is 0.257 e. The molecule has 0 spiro atoms. The molecule has 0 aromatic carbocycles. The number of rotatable bonds is 9. The number of piperidine rings is 1. The Balaban J connectivity index is 1.80. The maximum Gasteiger partial charge on any atom is 0.257 e. The van der Waals surface area contributed by atoms with Gasteiger partial charge in [-0.05, 0) is 65.2 Å². The lowest BCUT2D eigenvalue weighted by Crippen LogP contribution is -2.47. The molecule has 2 rings (SSSR count). The van der Waals surface area contributed by atoms with Gasteiger partial charge in [0.25, 0.3) is 5.91 Å². The monoisotopic (exact) mass is 377 g/mol. The van der Waals surface area contributed by atoms with Crippen molar-refractivity contribution >= 4 is 11.8 Å². The van der Waals surface area contributed by atoms with Crippen LogP contribution in [-0.2, 0) is 4.79 Å². The second-order valence-electron chi connectivity index (χ2n) is 7.56. The summed E-state index contributed by atoms with van der Waals surface area (Å²) < 4.78 is 5.24. The fourth-order valence-corrected chi connectivity index (χ4v) is 3.75. The van der Waals surface area contributed by atoms with E-state index in [2.05, 4.69) is 31.0 Å². The van der Waals surface area contributed by atoms with Crippen LogP contribution in [0.4, 0.5) is 0 Å². The maximum absolute atomic E-state index is 12.7. The van der Waals surface area contributed by atoms with E-state index in [-0.39, 0.29) is 23.8 Å². The number of amides is 2. The topological polar surface area (TPSA) is 65.8 Å². The second-order valence-corrected chi connectivity index (χ2v) is 7.56.